The van der Waals surface area contributed by atoms with Crippen molar-refractivity contribution in [3.63, 3.8) is 0 Å². The van der Waals surface area contributed by atoms with Gasteiger partial charge in [0.25, 0.3) is 0 Å². The lowest BCUT2D eigenvalue weighted by Gasteiger charge is -2.24. The van der Waals surface area contributed by atoms with Crippen molar-refractivity contribution in [2.75, 3.05) is 13.1 Å². The highest BCUT2D eigenvalue weighted by Gasteiger charge is 2.37. The third-order valence-corrected chi connectivity index (χ3v) is 3.59. The Morgan fingerprint density at radius 1 is 1.14 bits per heavy atom. The quantitative estimate of drug-likeness (QED) is 0.851. The van der Waals surface area contributed by atoms with E-state index in [4.69, 9.17) is 4.74 Å². The van der Waals surface area contributed by atoms with Gasteiger partial charge in [0.2, 0.25) is 0 Å². The van der Waals surface area contributed by atoms with Gasteiger partial charge in [-0.3, -0.25) is 4.79 Å². The second-order valence-corrected chi connectivity index (χ2v) is 6.52. The van der Waals surface area contributed by atoms with Crippen LogP contribution in [-0.4, -0.2) is 24.7 Å². The molecule has 0 saturated carbocycles. The predicted octanol–water partition coefficient (Wildman–Crippen LogP) is 3.35. The molecule has 6 heteroatoms. The highest BCUT2D eigenvalue weighted by molar-refractivity contribution is 5.75. The van der Waals surface area contributed by atoms with Crippen LogP contribution in [0.4, 0.5) is 13.2 Å². The fraction of sp³-hybridized carbons (Fsp3) is 0.562. The Labute approximate surface area is 127 Å². The molecule has 22 heavy (non-hydrogen) atoms. The van der Waals surface area contributed by atoms with E-state index in [1.807, 2.05) is 0 Å². The van der Waals surface area contributed by atoms with E-state index in [2.05, 4.69) is 5.32 Å². The number of carbonyl (C=O) groups excluding carboxylic acids is 1. The van der Waals surface area contributed by atoms with Crippen LogP contribution >= 0.6 is 0 Å². The van der Waals surface area contributed by atoms with Crippen molar-refractivity contribution in [1.29, 1.82) is 0 Å². The van der Waals surface area contributed by atoms with Crippen molar-refractivity contribution < 1.29 is 22.7 Å². The average Bonchev–Trinajstić information content (AvgIpc) is 2.85. The highest BCUT2D eigenvalue weighted by atomic mass is 19.4. The number of alkyl halides is 3. The minimum atomic E-state index is -4.35. The van der Waals surface area contributed by atoms with Crippen molar-refractivity contribution in [2.45, 2.75) is 38.5 Å². The van der Waals surface area contributed by atoms with Crippen LogP contribution in [-0.2, 0) is 15.7 Å². The van der Waals surface area contributed by atoms with E-state index in [-0.39, 0.29) is 17.8 Å². The summed E-state index contributed by atoms with van der Waals surface area (Å²) in [7, 11) is 0. The summed E-state index contributed by atoms with van der Waals surface area (Å²) in [5.41, 5.74) is -0.547. The van der Waals surface area contributed by atoms with Gasteiger partial charge in [-0.05, 0) is 38.5 Å². The van der Waals surface area contributed by atoms with Crippen molar-refractivity contribution in [1.82, 2.24) is 5.32 Å². The molecule has 1 heterocycles. The number of carbonyl (C=O) groups is 1. The highest BCUT2D eigenvalue weighted by Crippen LogP contribution is 2.33. The molecule has 1 aromatic carbocycles. The lowest BCUT2D eigenvalue weighted by Crippen LogP contribution is -2.31. The largest absolute Gasteiger partial charge is 0.460 e. The summed E-state index contributed by atoms with van der Waals surface area (Å²) in [5.74, 6) is -0.865. The van der Waals surface area contributed by atoms with Crippen LogP contribution in [0, 0.1) is 5.92 Å². The molecule has 0 bridgehead atoms. The van der Waals surface area contributed by atoms with E-state index in [1.165, 1.54) is 12.1 Å². The second-order valence-electron chi connectivity index (χ2n) is 6.52. The molecule has 3 nitrogen and oxygen atoms in total. The van der Waals surface area contributed by atoms with E-state index in [1.54, 1.807) is 20.8 Å². The number of esters is 1. The number of hydrogen-bond donors (Lipinski definition) is 1. The number of nitrogens with one attached hydrogen (secondary N) is 1. The maximum absolute atomic E-state index is 12.6. The van der Waals surface area contributed by atoms with E-state index < -0.39 is 17.3 Å². The molecule has 0 spiro atoms. The van der Waals surface area contributed by atoms with Crippen LogP contribution in [0.5, 0.6) is 0 Å². The number of hydrogen-bond acceptors (Lipinski definition) is 3. The lowest BCUT2D eigenvalue weighted by molar-refractivity contribution is -0.159. The average molecular weight is 315 g/mol. The zero-order chi connectivity index (χ0) is 16.5. The molecule has 1 aliphatic rings. The number of rotatable bonds is 2. The van der Waals surface area contributed by atoms with Crippen LogP contribution in [0.3, 0.4) is 0 Å². The van der Waals surface area contributed by atoms with Crippen molar-refractivity contribution in [2.24, 2.45) is 5.92 Å². The standard InChI is InChI=1S/C16H20F3NO2/c1-15(2,3)22-14(21)13-9-20-8-12(13)10-4-6-11(7-5-10)16(17,18)19/h4-7,12-13,20H,8-9H2,1-3H3. The van der Waals surface area contributed by atoms with E-state index >= 15 is 0 Å². The van der Waals surface area contributed by atoms with Crippen molar-refractivity contribution >= 4 is 5.97 Å². The third-order valence-electron chi connectivity index (χ3n) is 3.59. The van der Waals surface area contributed by atoms with Gasteiger partial charge in [-0.1, -0.05) is 12.1 Å². The number of halogens is 3. The number of ether oxygens (including phenoxy) is 1. The molecule has 0 aromatic heterocycles. The molecule has 122 valence electrons. The third kappa shape index (κ3) is 4.00. The molecule has 1 aromatic rings. The molecule has 1 N–H and O–H groups in total. The summed E-state index contributed by atoms with van der Waals surface area (Å²) < 4.78 is 43.2. The number of benzene rings is 1. The first kappa shape index (κ1) is 16.8. The van der Waals surface area contributed by atoms with Crippen LogP contribution in [0.2, 0.25) is 0 Å². The summed E-state index contributed by atoms with van der Waals surface area (Å²) >= 11 is 0. The Morgan fingerprint density at radius 3 is 2.23 bits per heavy atom. The molecule has 1 saturated heterocycles. The zero-order valence-electron chi connectivity index (χ0n) is 12.8. The normalized spacial score (nSPS) is 22.6. The van der Waals surface area contributed by atoms with Gasteiger partial charge in [0.15, 0.2) is 0 Å². The SMILES string of the molecule is CC(C)(C)OC(=O)C1CNCC1c1ccc(C(F)(F)F)cc1. The first-order valence-corrected chi connectivity index (χ1v) is 7.18. The van der Waals surface area contributed by atoms with Crippen molar-refractivity contribution in [3.8, 4) is 0 Å². The van der Waals surface area contributed by atoms with Gasteiger partial charge in [-0.25, -0.2) is 0 Å². The minimum Gasteiger partial charge on any atom is -0.460 e. The molecule has 0 amide bonds. The summed E-state index contributed by atoms with van der Waals surface area (Å²) in [6.45, 7) is 6.40. The summed E-state index contributed by atoms with van der Waals surface area (Å²) in [5, 5.41) is 3.11. The van der Waals surface area contributed by atoms with Gasteiger partial charge in [0.1, 0.15) is 5.60 Å². The smallest absolute Gasteiger partial charge is 0.416 e. The van der Waals surface area contributed by atoms with Gasteiger partial charge in [-0.2, -0.15) is 13.2 Å². The molecule has 0 aliphatic carbocycles. The Bertz CT molecular complexity index is 532. The van der Waals surface area contributed by atoms with E-state index in [0.29, 0.717) is 18.7 Å². The second kappa shape index (κ2) is 5.91. The van der Waals surface area contributed by atoms with Gasteiger partial charge >= 0.3 is 12.1 Å². The van der Waals surface area contributed by atoms with Gasteiger partial charge in [0, 0.05) is 19.0 Å². The topological polar surface area (TPSA) is 38.3 Å². The Balaban J connectivity index is 2.15. The van der Waals surface area contributed by atoms with Gasteiger partial charge in [-0.15, -0.1) is 0 Å². The molecule has 1 fully saturated rings. The van der Waals surface area contributed by atoms with Gasteiger partial charge < -0.3 is 10.1 Å². The van der Waals surface area contributed by atoms with Crippen molar-refractivity contribution in [3.05, 3.63) is 35.4 Å². The molecule has 2 unspecified atom stereocenters. The monoisotopic (exact) mass is 315 g/mol. The maximum atomic E-state index is 12.6. The first-order valence-electron chi connectivity index (χ1n) is 7.18. The first-order chi connectivity index (χ1) is 10.1. The predicted molar refractivity (Wildman–Crippen MR) is 76.4 cm³/mol. The molecule has 1 aliphatic heterocycles. The van der Waals surface area contributed by atoms with E-state index in [0.717, 1.165) is 12.1 Å². The van der Waals surface area contributed by atoms with Crippen LogP contribution < -0.4 is 5.32 Å². The maximum Gasteiger partial charge on any atom is 0.416 e. The lowest BCUT2D eigenvalue weighted by atomic mass is 9.88. The Morgan fingerprint density at radius 2 is 1.73 bits per heavy atom. The van der Waals surface area contributed by atoms with Crippen LogP contribution in [0.1, 0.15) is 37.8 Å². The Hall–Kier alpha value is -1.56. The molecular formula is C16H20F3NO2. The zero-order valence-corrected chi connectivity index (χ0v) is 12.8. The van der Waals surface area contributed by atoms with Crippen LogP contribution in [0.15, 0.2) is 24.3 Å². The molecule has 0 radical (unpaired) electrons. The molecular weight excluding hydrogens is 295 g/mol. The molecule has 2 atom stereocenters. The van der Waals surface area contributed by atoms with Crippen LogP contribution in [0.25, 0.3) is 0 Å². The van der Waals surface area contributed by atoms with E-state index in [9.17, 15) is 18.0 Å². The Kier molecular flexibility index (Phi) is 4.52. The van der Waals surface area contributed by atoms with Gasteiger partial charge in [0.05, 0.1) is 11.5 Å². The fourth-order valence-corrected chi connectivity index (χ4v) is 2.57. The summed E-state index contributed by atoms with van der Waals surface area (Å²) in [4.78, 5) is 12.2. The minimum absolute atomic E-state index is 0.169. The molecule has 2 rings (SSSR count). The fourth-order valence-electron chi connectivity index (χ4n) is 2.57. The summed E-state index contributed by atoms with van der Waals surface area (Å²) in [6.07, 6.45) is -4.35. The summed E-state index contributed by atoms with van der Waals surface area (Å²) in [6, 6.07) is 5.00.